The molecule has 5 heteroatoms. The predicted molar refractivity (Wildman–Crippen MR) is 69.0 cm³/mol. The van der Waals surface area contributed by atoms with Crippen molar-refractivity contribution in [2.45, 2.75) is 13.5 Å². The molecule has 19 heavy (non-hydrogen) atoms. The highest BCUT2D eigenvalue weighted by molar-refractivity contribution is 6.00. The third-order valence-corrected chi connectivity index (χ3v) is 2.58. The van der Waals surface area contributed by atoms with Crippen molar-refractivity contribution in [1.82, 2.24) is 4.98 Å². The van der Waals surface area contributed by atoms with Crippen molar-refractivity contribution < 1.29 is 14.3 Å². The molecule has 0 spiro atoms. The molecule has 0 amide bonds. The summed E-state index contributed by atoms with van der Waals surface area (Å²) in [5.41, 5.74) is 1.77. The van der Waals surface area contributed by atoms with Crippen LogP contribution in [0.5, 0.6) is 5.75 Å². The minimum absolute atomic E-state index is 0.195. The first kappa shape index (κ1) is 13.0. The van der Waals surface area contributed by atoms with Gasteiger partial charge in [-0.05, 0) is 25.1 Å². The lowest BCUT2D eigenvalue weighted by Crippen LogP contribution is -2.02. The number of hydrogen-bond donors (Lipinski definition) is 1. The Kier molecular flexibility index (Phi) is 4.07. The van der Waals surface area contributed by atoms with E-state index in [0.29, 0.717) is 22.6 Å². The number of halogens is 1. The van der Waals surface area contributed by atoms with Crippen molar-refractivity contribution in [3.05, 3.63) is 59.7 Å². The average molecular weight is 260 g/mol. The molecule has 0 atom stereocenters. The third-order valence-electron chi connectivity index (χ3n) is 2.58. The molecule has 98 valence electrons. The Morgan fingerprint density at radius 2 is 2.16 bits per heavy atom. The number of ether oxygens (including phenoxy) is 1. The molecule has 0 saturated heterocycles. The molecule has 0 radical (unpaired) electrons. The quantitative estimate of drug-likeness (QED) is 0.522. The number of pyridine rings is 1. The molecule has 0 aliphatic rings. The van der Waals surface area contributed by atoms with Crippen LogP contribution in [0.25, 0.3) is 0 Å². The Bertz CT molecular complexity index is 600. The highest BCUT2D eigenvalue weighted by atomic mass is 19.1. The summed E-state index contributed by atoms with van der Waals surface area (Å²) in [4.78, 5) is 3.75. The van der Waals surface area contributed by atoms with Crippen LogP contribution in [0, 0.1) is 5.82 Å². The minimum Gasteiger partial charge on any atom is -0.488 e. The summed E-state index contributed by atoms with van der Waals surface area (Å²) >= 11 is 0. The zero-order valence-electron chi connectivity index (χ0n) is 10.4. The number of aromatic nitrogens is 1. The number of hydrogen-bond acceptors (Lipinski definition) is 4. The molecule has 4 nitrogen and oxygen atoms in total. The molecule has 2 rings (SSSR count). The summed E-state index contributed by atoms with van der Waals surface area (Å²) in [6.07, 6.45) is 2.68. The second-order valence-electron chi connectivity index (χ2n) is 3.98. The SMILES string of the molecule is C/C(=N/O)c1ccccc1OCc1cncc(F)c1. The molecule has 2 aromatic rings. The maximum atomic E-state index is 13.0. The Balaban J connectivity index is 2.16. The van der Waals surface area contributed by atoms with E-state index in [1.54, 1.807) is 25.3 Å². The maximum Gasteiger partial charge on any atom is 0.141 e. The van der Waals surface area contributed by atoms with Crippen molar-refractivity contribution in [3.8, 4) is 5.75 Å². The van der Waals surface area contributed by atoms with E-state index in [2.05, 4.69) is 10.1 Å². The van der Waals surface area contributed by atoms with Crippen LogP contribution < -0.4 is 4.74 Å². The van der Waals surface area contributed by atoms with Crippen LogP contribution in [0.15, 0.2) is 47.9 Å². The first-order chi connectivity index (χ1) is 9.20. The Morgan fingerprint density at radius 1 is 1.37 bits per heavy atom. The zero-order valence-corrected chi connectivity index (χ0v) is 10.4. The largest absolute Gasteiger partial charge is 0.488 e. The number of para-hydroxylation sites is 1. The molecular weight excluding hydrogens is 247 g/mol. The van der Waals surface area contributed by atoms with Crippen molar-refractivity contribution in [1.29, 1.82) is 0 Å². The lowest BCUT2D eigenvalue weighted by atomic mass is 10.1. The first-order valence-corrected chi connectivity index (χ1v) is 5.71. The molecule has 1 aromatic heterocycles. The highest BCUT2D eigenvalue weighted by Crippen LogP contribution is 2.20. The monoisotopic (exact) mass is 260 g/mol. The molecule has 0 bridgehead atoms. The van der Waals surface area contributed by atoms with Crippen LogP contribution in [0.1, 0.15) is 18.1 Å². The molecule has 1 heterocycles. The van der Waals surface area contributed by atoms with E-state index >= 15 is 0 Å². The molecule has 1 aromatic carbocycles. The van der Waals surface area contributed by atoms with E-state index in [4.69, 9.17) is 9.94 Å². The van der Waals surface area contributed by atoms with E-state index < -0.39 is 5.82 Å². The summed E-state index contributed by atoms with van der Waals surface area (Å²) in [6, 6.07) is 8.54. The average Bonchev–Trinajstić information content (AvgIpc) is 2.45. The summed E-state index contributed by atoms with van der Waals surface area (Å²) in [5.74, 6) is 0.171. The minimum atomic E-state index is -0.400. The molecule has 0 aliphatic carbocycles. The lowest BCUT2D eigenvalue weighted by molar-refractivity contribution is 0.302. The topological polar surface area (TPSA) is 54.7 Å². The normalized spacial score (nSPS) is 11.4. The predicted octanol–water partition coefficient (Wildman–Crippen LogP) is 3.00. The van der Waals surface area contributed by atoms with Gasteiger partial charge in [0.25, 0.3) is 0 Å². The number of nitrogens with zero attached hydrogens (tertiary/aromatic N) is 2. The summed E-state index contributed by atoms with van der Waals surface area (Å²) in [7, 11) is 0. The van der Waals surface area contributed by atoms with Gasteiger partial charge in [-0.3, -0.25) is 4.98 Å². The molecular formula is C14H13FN2O2. The fraction of sp³-hybridized carbons (Fsp3) is 0.143. The van der Waals surface area contributed by atoms with Crippen molar-refractivity contribution in [3.63, 3.8) is 0 Å². The van der Waals surface area contributed by atoms with Gasteiger partial charge < -0.3 is 9.94 Å². The number of rotatable bonds is 4. The number of benzene rings is 1. The lowest BCUT2D eigenvalue weighted by Gasteiger charge is -2.10. The van der Waals surface area contributed by atoms with Crippen LogP contribution in [0.3, 0.4) is 0 Å². The second-order valence-corrected chi connectivity index (χ2v) is 3.98. The van der Waals surface area contributed by atoms with Gasteiger partial charge >= 0.3 is 0 Å². The molecule has 0 unspecified atom stereocenters. The first-order valence-electron chi connectivity index (χ1n) is 5.71. The van der Waals surface area contributed by atoms with E-state index in [9.17, 15) is 4.39 Å². The van der Waals surface area contributed by atoms with Gasteiger partial charge in [0.1, 0.15) is 18.2 Å². The second kappa shape index (κ2) is 5.95. The third kappa shape index (κ3) is 3.28. The van der Waals surface area contributed by atoms with Crippen molar-refractivity contribution >= 4 is 5.71 Å². The van der Waals surface area contributed by atoms with E-state index in [1.165, 1.54) is 6.07 Å². The molecule has 1 N–H and O–H groups in total. The van der Waals surface area contributed by atoms with E-state index in [0.717, 1.165) is 6.20 Å². The zero-order chi connectivity index (χ0) is 13.7. The fourth-order valence-corrected chi connectivity index (χ4v) is 1.64. The summed E-state index contributed by atoms with van der Waals surface area (Å²) in [5, 5.41) is 12.0. The maximum absolute atomic E-state index is 13.0. The Labute approximate surface area is 110 Å². The van der Waals surface area contributed by atoms with Crippen LogP contribution in [0.4, 0.5) is 4.39 Å². The van der Waals surface area contributed by atoms with E-state index in [1.807, 2.05) is 12.1 Å². The van der Waals surface area contributed by atoms with Gasteiger partial charge in [-0.1, -0.05) is 17.3 Å². The van der Waals surface area contributed by atoms with Gasteiger partial charge in [0.15, 0.2) is 0 Å². The van der Waals surface area contributed by atoms with Crippen molar-refractivity contribution in [2.75, 3.05) is 0 Å². The summed E-state index contributed by atoms with van der Waals surface area (Å²) in [6.45, 7) is 1.87. The molecule has 0 fully saturated rings. The molecule has 0 saturated carbocycles. The standard InChI is InChI=1S/C14H13FN2O2/c1-10(17-18)13-4-2-3-5-14(13)19-9-11-6-12(15)8-16-7-11/h2-8,18H,9H2,1H3/b17-10-. The van der Waals surface area contributed by atoms with Gasteiger partial charge in [0, 0.05) is 17.3 Å². The van der Waals surface area contributed by atoms with Crippen LogP contribution >= 0.6 is 0 Å². The Hall–Kier alpha value is -2.43. The van der Waals surface area contributed by atoms with Gasteiger partial charge in [-0.15, -0.1) is 0 Å². The van der Waals surface area contributed by atoms with Crippen LogP contribution in [-0.2, 0) is 6.61 Å². The van der Waals surface area contributed by atoms with Crippen molar-refractivity contribution in [2.24, 2.45) is 5.16 Å². The van der Waals surface area contributed by atoms with Gasteiger partial charge in [0.05, 0.1) is 11.9 Å². The fourth-order valence-electron chi connectivity index (χ4n) is 1.64. The molecule has 0 aliphatic heterocycles. The highest BCUT2D eigenvalue weighted by Gasteiger charge is 2.07. The van der Waals surface area contributed by atoms with Gasteiger partial charge in [-0.2, -0.15) is 0 Å². The Morgan fingerprint density at radius 3 is 2.89 bits per heavy atom. The van der Waals surface area contributed by atoms with Crippen LogP contribution in [-0.4, -0.2) is 15.9 Å². The van der Waals surface area contributed by atoms with Gasteiger partial charge in [-0.25, -0.2) is 4.39 Å². The van der Waals surface area contributed by atoms with Gasteiger partial charge in [0.2, 0.25) is 0 Å². The van der Waals surface area contributed by atoms with E-state index in [-0.39, 0.29) is 6.61 Å². The van der Waals surface area contributed by atoms with Crippen LogP contribution in [0.2, 0.25) is 0 Å². The number of oxime groups is 1. The smallest absolute Gasteiger partial charge is 0.141 e. The summed E-state index contributed by atoms with van der Waals surface area (Å²) < 4.78 is 18.6.